The number of benzene rings is 1. The molecule has 0 saturated heterocycles. The lowest BCUT2D eigenvalue weighted by atomic mass is 10.1. The lowest BCUT2D eigenvalue weighted by Gasteiger charge is -2.12. The Hall–Kier alpha value is -0.950. The van der Waals surface area contributed by atoms with Gasteiger partial charge in [0.05, 0.1) is 0 Å². The normalized spacial score (nSPS) is 10.3. The van der Waals surface area contributed by atoms with Gasteiger partial charge in [-0.25, -0.2) is 13.2 Å². The summed E-state index contributed by atoms with van der Waals surface area (Å²) in [6.07, 6.45) is 0. The fourth-order valence-electron chi connectivity index (χ4n) is 1.20. The highest BCUT2D eigenvalue weighted by Crippen LogP contribution is 2.27. The molecule has 88 valence electrons. The molecule has 0 aliphatic carbocycles. The van der Waals surface area contributed by atoms with Gasteiger partial charge >= 0.3 is 0 Å². The molecule has 0 aliphatic rings. The van der Waals surface area contributed by atoms with Gasteiger partial charge in [-0.15, -0.1) is 12.6 Å². The van der Waals surface area contributed by atoms with Crippen LogP contribution in [0.4, 0.5) is 13.2 Å². The van der Waals surface area contributed by atoms with Gasteiger partial charge < -0.3 is 11.1 Å². The molecule has 0 unspecified atom stereocenters. The molecule has 1 rings (SSSR count). The maximum Gasteiger partial charge on any atom is 0.195 e. The van der Waals surface area contributed by atoms with Crippen molar-refractivity contribution < 1.29 is 13.2 Å². The monoisotopic (exact) mass is 266 g/mol. The Bertz CT molecular complexity index is 420. The molecular formula is C9H9F3N2S2. The number of thiocarbonyl (C=S) groups is 1. The maximum absolute atomic E-state index is 13.2. The van der Waals surface area contributed by atoms with Crippen LogP contribution >= 0.6 is 24.8 Å². The van der Waals surface area contributed by atoms with Crippen molar-refractivity contribution in [3.63, 3.8) is 0 Å². The fourth-order valence-corrected chi connectivity index (χ4v) is 1.62. The summed E-state index contributed by atoms with van der Waals surface area (Å²) in [5, 5.41) is 2.51. The summed E-state index contributed by atoms with van der Waals surface area (Å²) < 4.78 is 39.4. The van der Waals surface area contributed by atoms with Crippen LogP contribution in [0, 0.1) is 24.4 Å². The third-order valence-corrected chi connectivity index (χ3v) is 2.71. The Morgan fingerprint density at radius 2 is 1.88 bits per heavy atom. The van der Waals surface area contributed by atoms with Crippen LogP contribution in [0.5, 0.6) is 0 Å². The molecule has 0 aliphatic heterocycles. The molecule has 1 aromatic carbocycles. The van der Waals surface area contributed by atoms with Gasteiger partial charge in [0.2, 0.25) is 0 Å². The summed E-state index contributed by atoms with van der Waals surface area (Å²) >= 11 is 8.35. The molecule has 0 fully saturated rings. The van der Waals surface area contributed by atoms with Gasteiger partial charge in [-0.3, -0.25) is 0 Å². The first-order valence-electron chi connectivity index (χ1n) is 4.24. The average Bonchev–Trinajstić information content (AvgIpc) is 2.23. The van der Waals surface area contributed by atoms with E-state index in [1.165, 1.54) is 6.92 Å². The molecule has 0 radical (unpaired) electrons. The fraction of sp³-hybridized carbons (Fsp3) is 0.222. The average molecular weight is 266 g/mol. The molecule has 0 saturated carbocycles. The van der Waals surface area contributed by atoms with Crippen LogP contribution in [-0.4, -0.2) is 5.11 Å². The highest BCUT2D eigenvalue weighted by atomic mass is 32.1. The first-order chi connectivity index (χ1) is 7.36. The maximum atomic E-state index is 13.2. The quantitative estimate of drug-likeness (QED) is 0.436. The van der Waals surface area contributed by atoms with Crippen molar-refractivity contribution in [2.45, 2.75) is 18.4 Å². The predicted octanol–water partition coefficient (Wildman–Crippen LogP) is 2.03. The Morgan fingerprint density at radius 3 is 2.38 bits per heavy atom. The van der Waals surface area contributed by atoms with Gasteiger partial charge in [-0.2, -0.15) is 0 Å². The number of hydrogen-bond donors (Lipinski definition) is 3. The standard InChI is InChI=1S/C9H9F3N2S2/c1-3-4(2-14-9(13)16)8(15)7(12)6(11)5(3)10/h15H,2H2,1H3,(H3,13,14,16). The predicted molar refractivity (Wildman–Crippen MR) is 61.9 cm³/mol. The second-order valence-electron chi connectivity index (χ2n) is 3.11. The van der Waals surface area contributed by atoms with Crippen molar-refractivity contribution in [1.29, 1.82) is 0 Å². The van der Waals surface area contributed by atoms with E-state index < -0.39 is 17.5 Å². The van der Waals surface area contributed by atoms with Gasteiger partial charge in [0, 0.05) is 11.4 Å². The Kier molecular flexibility index (Phi) is 4.03. The van der Waals surface area contributed by atoms with E-state index >= 15 is 0 Å². The lowest BCUT2D eigenvalue weighted by Crippen LogP contribution is -2.29. The lowest BCUT2D eigenvalue weighted by molar-refractivity contribution is 0.428. The van der Waals surface area contributed by atoms with Crippen LogP contribution in [0.25, 0.3) is 0 Å². The van der Waals surface area contributed by atoms with E-state index in [2.05, 4.69) is 30.2 Å². The SMILES string of the molecule is Cc1c(F)c(F)c(F)c(S)c1CNC(N)=S. The molecule has 0 heterocycles. The van der Waals surface area contributed by atoms with E-state index in [0.717, 1.165) is 0 Å². The molecular weight excluding hydrogens is 257 g/mol. The molecule has 7 heteroatoms. The third-order valence-electron chi connectivity index (χ3n) is 2.10. The van der Waals surface area contributed by atoms with Crippen molar-refractivity contribution in [1.82, 2.24) is 5.32 Å². The Balaban J connectivity index is 3.23. The van der Waals surface area contributed by atoms with E-state index in [0.29, 0.717) is 0 Å². The van der Waals surface area contributed by atoms with Gasteiger partial charge in [-0.1, -0.05) is 0 Å². The van der Waals surface area contributed by atoms with E-state index in [-0.39, 0.29) is 27.7 Å². The van der Waals surface area contributed by atoms with Crippen LogP contribution in [0.2, 0.25) is 0 Å². The van der Waals surface area contributed by atoms with E-state index in [1.54, 1.807) is 0 Å². The minimum Gasteiger partial charge on any atom is -0.376 e. The number of thiol groups is 1. The van der Waals surface area contributed by atoms with Crippen molar-refractivity contribution in [2.75, 3.05) is 0 Å². The van der Waals surface area contributed by atoms with Gasteiger partial charge in [0.15, 0.2) is 22.6 Å². The molecule has 16 heavy (non-hydrogen) atoms. The van der Waals surface area contributed by atoms with Crippen LogP contribution in [-0.2, 0) is 6.54 Å². The number of rotatable bonds is 2. The van der Waals surface area contributed by atoms with Gasteiger partial charge in [0.25, 0.3) is 0 Å². The van der Waals surface area contributed by atoms with Crippen LogP contribution in [0.1, 0.15) is 11.1 Å². The molecule has 0 amide bonds. The van der Waals surface area contributed by atoms with E-state index in [1.807, 2.05) is 0 Å². The van der Waals surface area contributed by atoms with Crippen LogP contribution in [0.15, 0.2) is 4.90 Å². The zero-order valence-electron chi connectivity index (χ0n) is 8.27. The molecule has 2 nitrogen and oxygen atoms in total. The second-order valence-corrected chi connectivity index (χ2v) is 4.00. The van der Waals surface area contributed by atoms with E-state index in [4.69, 9.17) is 5.73 Å². The number of nitrogens with two attached hydrogens (primary N) is 1. The minimum absolute atomic E-state index is 0.00583. The summed E-state index contributed by atoms with van der Waals surface area (Å²) in [5.41, 5.74) is 5.35. The molecule has 0 aromatic heterocycles. The summed E-state index contributed by atoms with van der Waals surface area (Å²) in [6.45, 7) is 1.32. The van der Waals surface area contributed by atoms with Crippen molar-refractivity contribution >= 4 is 30.0 Å². The highest BCUT2D eigenvalue weighted by Gasteiger charge is 2.20. The molecule has 0 atom stereocenters. The first-order valence-corrected chi connectivity index (χ1v) is 5.10. The summed E-state index contributed by atoms with van der Waals surface area (Å²) in [5.74, 6) is -4.07. The van der Waals surface area contributed by atoms with Crippen molar-refractivity contribution in [3.8, 4) is 0 Å². The zero-order chi connectivity index (χ0) is 12.5. The Morgan fingerprint density at radius 1 is 1.31 bits per heavy atom. The number of halogens is 3. The highest BCUT2D eigenvalue weighted by molar-refractivity contribution is 7.80. The van der Waals surface area contributed by atoms with Crippen LogP contribution in [0.3, 0.4) is 0 Å². The largest absolute Gasteiger partial charge is 0.376 e. The minimum atomic E-state index is -1.53. The molecule has 0 spiro atoms. The topological polar surface area (TPSA) is 38.0 Å². The summed E-state index contributed by atoms with van der Waals surface area (Å²) in [4.78, 5) is -0.250. The van der Waals surface area contributed by atoms with Gasteiger partial charge in [0.1, 0.15) is 0 Å². The smallest absolute Gasteiger partial charge is 0.195 e. The van der Waals surface area contributed by atoms with Crippen LogP contribution < -0.4 is 11.1 Å². The molecule has 3 N–H and O–H groups in total. The number of hydrogen-bond acceptors (Lipinski definition) is 2. The first kappa shape index (κ1) is 13.1. The van der Waals surface area contributed by atoms with E-state index in [9.17, 15) is 13.2 Å². The van der Waals surface area contributed by atoms with Gasteiger partial charge in [-0.05, 0) is 30.3 Å². The summed E-state index contributed by atoms with van der Waals surface area (Å²) in [6, 6.07) is 0. The zero-order valence-corrected chi connectivity index (χ0v) is 9.98. The molecule has 0 bridgehead atoms. The number of nitrogens with one attached hydrogen (secondary N) is 1. The second kappa shape index (κ2) is 4.92. The third kappa shape index (κ3) is 2.41. The summed E-state index contributed by atoms with van der Waals surface area (Å²) in [7, 11) is 0. The van der Waals surface area contributed by atoms with Crippen molar-refractivity contribution in [3.05, 3.63) is 28.6 Å². The Labute approximate surface area is 101 Å². The molecule has 1 aromatic rings. The van der Waals surface area contributed by atoms with Crippen molar-refractivity contribution in [2.24, 2.45) is 5.73 Å².